The van der Waals surface area contributed by atoms with E-state index in [1.807, 2.05) is 0 Å². The lowest BCUT2D eigenvalue weighted by atomic mass is 10.1. The number of hydrogen-bond donors (Lipinski definition) is 0. The highest BCUT2D eigenvalue weighted by Crippen LogP contribution is 2.25. The van der Waals surface area contributed by atoms with Crippen LogP contribution < -0.4 is 0 Å². The van der Waals surface area contributed by atoms with E-state index < -0.39 is 0 Å². The first-order valence-corrected chi connectivity index (χ1v) is 5.53. The van der Waals surface area contributed by atoms with Crippen molar-refractivity contribution in [1.82, 2.24) is 4.90 Å². The van der Waals surface area contributed by atoms with Crippen molar-refractivity contribution in [2.75, 3.05) is 6.54 Å². The van der Waals surface area contributed by atoms with E-state index in [9.17, 15) is 14.4 Å². The summed E-state index contributed by atoms with van der Waals surface area (Å²) in [5.74, 6) is -0.795. The molecule has 2 amide bonds. The highest BCUT2D eigenvalue weighted by molar-refractivity contribution is 6.32. The third-order valence-corrected chi connectivity index (χ3v) is 2.86. The number of Topliss-reactive ketones (excluding diaryl/α,β-unsaturated/α-hetero) is 1. The second kappa shape index (κ2) is 4.30. The summed E-state index contributed by atoms with van der Waals surface area (Å²) in [5, 5.41) is 0.415. The van der Waals surface area contributed by atoms with Crippen LogP contribution in [0.3, 0.4) is 0 Å². The molecule has 0 bridgehead atoms. The Hall–Kier alpha value is -1.68. The van der Waals surface area contributed by atoms with Crippen LogP contribution in [0.1, 0.15) is 34.1 Å². The Kier molecular flexibility index (Phi) is 2.98. The van der Waals surface area contributed by atoms with E-state index >= 15 is 0 Å². The number of carbonyl (C=O) groups excluding carboxylic acids is 3. The third kappa shape index (κ3) is 2.08. The van der Waals surface area contributed by atoms with E-state index in [0.29, 0.717) is 16.1 Å². The van der Waals surface area contributed by atoms with Crippen LogP contribution in [0.15, 0.2) is 18.2 Å². The van der Waals surface area contributed by atoms with Crippen molar-refractivity contribution in [3.63, 3.8) is 0 Å². The number of hydrogen-bond acceptors (Lipinski definition) is 3. The molecule has 1 aromatic rings. The molecule has 0 saturated carbocycles. The summed E-state index contributed by atoms with van der Waals surface area (Å²) in [7, 11) is 0. The topological polar surface area (TPSA) is 54.5 Å². The van der Waals surface area contributed by atoms with Crippen molar-refractivity contribution in [3.05, 3.63) is 34.3 Å². The number of halogens is 1. The molecule has 1 aromatic carbocycles. The molecule has 0 radical (unpaired) electrons. The third-order valence-electron chi connectivity index (χ3n) is 2.62. The average molecular weight is 252 g/mol. The summed E-state index contributed by atoms with van der Waals surface area (Å²) < 4.78 is 0. The maximum Gasteiger partial charge on any atom is 0.261 e. The van der Waals surface area contributed by atoms with Gasteiger partial charge >= 0.3 is 0 Å². The molecule has 0 fully saturated rings. The number of ketones is 1. The molecule has 1 aliphatic rings. The predicted octanol–water partition coefficient (Wildman–Crippen LogP) is 1.92. The quantitative estimate of drug-likeness (QED) is 0.771. The van der Waals surface area contributed by atoms with E-state index in [4.69, 9.17) is 11.6 Å². The lowest BCUT2D eigenvalue weighted by Gasteiger charge is -2.11. The van der Waals surface area contributed by atoms with Crippen LogP contribution in [0.5, 0.6) is 0 Å². The highest BCUT2D eigenvalue weighted by atomic mass is 35.5. The monoisotopic (exact) mass is 251 g/mol. The summed E-state index contributed by atoms with van der Waals surface area (Å²) in [6, 6.07) is 4.58. The smallest absolute Gasteiger partial charge is 0.261 e. The molecule has 0 N–H and O–H groups in total. The Labute approximate surface area is 103 Å². The molecule has 17 heavy (non-hydrogen) atoms. The van der Waals surface area contributed by atoms with Gasteiger partial charge in [-0.15, -0.1) is 0 Å². The van der Waals surface area contributed by atoms with Crippen molar-refractivity contribution in [1.29, 1.82) is 0 Å². The van der Waals surface area contributed by atoms with E-state index in [1.165, 1.54) is 19.1 Å². The van der Waals surface area contributed by atoms with E-state index in [1.54, 1.807) is 6.07 Å². The van der Waals surface area contributed by atoms with Gasteiger partial charge in [0.05, 0.1) is 11.1 Å². The summed E-state index contributed by atoms with van der Waals surface area (Å²) in [5.41, 5.74) is 0.661. The maximum absolute atomic E-state index is 11.9. The van der Waals surface area contributed by atoms with Crippen molar-refractivity contribution < 1.29 is 14.4 Å². The Balaban J connectivity index is 2.29. The van der Waals surface area contributed by atoms with Gasteiger partial charge in [-0.2, -0.15) is 0 Å². The number of amides is 2. The van der Waals surface area contributed by atoms with Crippen LogP contribution in [0.4, 0.5) is 0 Å². The molecule has 0 saturated heterocycles. The van der Waals surface area contributed by atoms with Crippen LogP contribution >= 0.6 is 11.6 Å². The molecule has 2 rings (SSSR count). The SMILES string of the molecule is CC(=O)CCN1C(=O)c2ccc(Cl)cc2C1=O. The number of benzene rings is 1. The Morgan fingerprint density at radius 2 is 1.88 bits per heavy atom. The maximum atomic E-state index is 11.9. The summed E-state index contributed by atoms with van der Waals surface area (Å²) in [6.45, 7) is 1.55. The second-order valence-electron chi connectivity index (χ2n) is 3.90. The van der Waals surface area contributed by atoms with Crippen molar-refractivity contribution in [3.8, 4) is 0 Å². The molecule has 0 spiro atoms. The Morgan fingerprint density at radius 3 is 2.53 bits per heavy atom. The second-order valence-corrected chi connectivity index (χ2v) is 4.34. The fourth-order valence-electron chi connectivity index (χ4n) is 1.74. The number of rotatable bonds is 3. The highest BCUT2D eigenvalue weighted by Gasteiger charge is 2.35. The standard InChI is InChI=1S/C12H10ClNO3/c1-7(15)4-5-14-11(16)9-3-2-8(13)6-10(9)12(14)17/h2-3,6H,4-5H2,1H3. The minimum atomic E-state index is -0.381. The van der Waals surface area contributed by atoms with E-state index in [-0.39, 0.29) is 30.6 Å². The molecule has 1 heterocycles. The van der Waals surface area contributed by atoms with Gasteiger partial charge in [0, 0.05) is 18.0 Å². The van der Waals surface area contributed by atoms with E-state index in [0.717, 1.165) is 4.90 Å². The molecular weight excluding hydrogens is 242 g/mol. The lowest BCUT2D eigenvalue weighted by molar-refractivity contribution is -0.117. The van der Waals surface area contributed by atoms with Crippen molar-refractivity contribution in [2.45, 2.75) is 13.3 Å². The number of imide groups is 1. The van der Waals surface area contributed by atoms with Crippen LogP contribution in [0.25, 0.3) is 0 Å². The van der Waals surface area contributed by atoms with Crippen molar-refractivity contribution >= 4 is 29.2 Å². The molecule has 0 unspecified atom stereocenters. The Bertz CT molecular complexity index is 524. The molecule has 0 aliphatic carbocycles. The van der Waals surface area contributed by atoms with Gasteiger partial charge in [-0.1, -0.05) is 11.6 Å². The lowest BCUT2D eigenvalue weighted by Crippen LogP contribution is -2.31. The molecule has 5 heteroatoms. The van der Waals surface area contributed by atoms with Gasteiger partial charge in [-0.3, -0.25) is 19.3 Å². The van der Waals surface area contributed by atoms with Crippen LogP contribution in [-0.4, -0.2) is 29.0 Å². The molecular formula is C12H10ClNO3. The summed E-state index contributed by atoms with van der Waals surface area (Å²) >= 11 is 5.78. The minimum Gasteiger partial charge on any atom is -0.300 e. The first kappa shape index (κ1) is 11.8. The van der Waals surface area contributed by atoms with Gasteiger partial charge in [-0.25, -0.2) is 0 Å². The number of nitrogens with zero attached hydrogens (tertiary/aromatic N) is 1. The molecule has 1 aliphatic heterocycles. The zero-order valence-corrected chi connectivity index (χ0v) is 9.95. The molecule has 88 valence electrons. The zero-order valence-electron chi connectivity index (χ0n) is 9.20. The van der Waals surface area contributed by atoms with Gasteiger partial charge in [0.25, 0.3) is 11.8 Å². The fraction of sp³-hybridized carbons (Fsp3) is 0.250. The first-order valence-electron chi connectivity index (χ1n) is 5.16. The van der Waals surface area contributed by atoms with Crippen molar-refractivity contribution in [2.24, 2.45) is 0 Å². The number of carbonyl (C=O) groups is 3. The van der Waals surface area contributed by atoms with Gasteiger partial charge < -0.3 is 0 Å². The van der Waals surface area contributed by atoms with Gasteiger partial charge in [0.1, 0.15) is 5.78 Å². The van der Waals surface area contributed by atoms with Crippen LogP contribution in [-0.2, 0) is 4.79 Å². The van der Waals surface area contributed by atoms with Gasteiger partial charge in [0.15, 0.2) is 0 Å². The normalized spacial score (nSPS) is 14.1. The number of fused-ring (bicyclic) bond motifs is 1. The van der Waals surface area contributed by atoms with Crippen LogP contribution in [0, 0.1) is 0 Å². The first-order chi connectivity index (χ1) is 8.00. The molecule has 0 aromatic heterocycles. The van der Waals surface area contributed by atoms with E-state index in [2.05, 4.69) is 0 Å². The van der Waals surface area contributed by atoms with Gasteiger partial charge in [-0.05, 0) is 25.1 Å². The summed E-state index contributed by atoms with van der Waals surface area (Å²) in [4.78, 5) is 35.7. The summed E-state index contributed by atoms with van der Waals surface area (Å²) in [6.07, 6.45) is 0.180. The average Bonchev–Trinajstić information content (AvgIpc) is 2.49. The largest absolute Gasteiger partial charge is 0.300 e. The minimum absolute atomic E-state index is 0.0559. The Morgan fingerprint density at radius 1 is 1.24 bits per heavy atom. The predicted molar refractivity (Wildman–Crippen MR) is 62.1 cm³/mol. The fourth-order valence-corrected chi connectivity index (χ4v) is 1.91. The van der Waals surface area contributed by atoms with Crippen LogP contribution in [0.2, 0.25) is 5.02 Å². The van der Waals surface area contributed by atoms with Gasteiger partial charge in [0.2, 0.25) is 0 Å². The molecule has 0 atom stereocenters. The zero-order chi connectivity index (χ0) is 12.6. The molecule has 4 nitrogen and oxygen atoms in total.